The number of hydrogen-bond acceptors (Lipinski definition) is 5. The van der Waals surface area contributed by atoms with Crippen LogP contribution in [-0.4, -0.2) is 17.1 Å². The Morgan fingerprint density at radius 2 is 1.84 bits per heavy atom. The SMILES string of the molecule is C#CCOc1ccccc1/C=c1/sc2n(c1=O)[C@H](c1ccc(F)cc1)C(C(=O)Nc1ccccc1)=C(C)N=2. The van der Waals surface area contributed by atoms with Gasteiger partial charge in [0.2, 0.25) is 0 Å². The number of fused-ring (bicyclic) bond motifs is 1. The Labute approximate surface area is 222 Å². The van der Waals surface area contributed by atoms with E-state index in [9.17, 15) is 14.0 Å². The number of allylic oxidation sites excluding steroid dienone is 1. The zero-order valence-electron chi connectivity index (χ0n) is 20.4. The van der Waals surface area contributed by atoms with Gasteiger partial charge in [-0.05, 0) is 48.9 Å². The van der Waals surface area contributed by atoms with Gasteiger partial charge in [0.15, 0.2) is 4.80 Å². The van der Waals surface area contributed by atoms with Gasteiger partial charge in [-0.2, -0.15) is 0 Å². The number of hydrogen-bond donors (Lipinski definition) is 1. The lowest BCUT2D eigenvalue weighted by Gasteiger charge is -2.25. The number of benzene rings is 3. The molecule has 1 atom stereocenters. The molecule has 38 heavy (non-hydrogen) atoms. The molecule has 0 unspecified atom stereocenters. The Morgan fingerprint density at radius 3 is 2.58 bits per heavy atom. The maximum atomic E-state index is 13.8. The second-order valence-corrected chi connectivity index (χ2v) is 9.49. The quantitative estimate of drug-likeness (QED) is 0.388. The molecule has 2 heterocycles. The summed E-state index contributed by atoms with van der Waals surface area (Å²) in [7, 11) is 0. The van der Waals surface area contributed by atoms with Gasteiger partial charge in [-0.15, -0.1) is 6.42 Å². The van der Waals surface area contributed by atoms with Crippen LogP contribution in [0.15, 0.2) is 99.9 Å². The molecule has 1 amide bonds. The van der Waals surface area contributed by atoms with E-state index in [-0.39, 0.29) is 12.2 Å². The fourth-order valence-electron chi connectivity index (χ4n) is 4.28. The van der Waals surface area contributed by atoms with E-state index in [1.54, 1.807) is 43.3 Å². The van der Waals surface area contributed by atoms with Gasteiger partial charge in [-0.3, -0.25) is 14.2 Å². The lowest BCUT2D eigenvalue weighted by Crippen LogP contribution is -2.40. The summed E-state index contributed by atoms with van der Waals surface area (Å²) in [5.41, 5.74) is 2.33. The summed E-state index contributed by atoms with van der Waals surface area (Å²) in [4.78, 5) is 32.4. The first-order valence-electron chi connectivity index (χ1n) is 11.8. The number of aromatic nitrogens is 1. The van der Waals surface area contributed by atoms with Crippen LogP contribution in [0.3, 0.4) is 0 Å². The molecule has 0 fully saturated rings. The minimum absolute atomic E-state index is 0.0930. The number of halogens is 1. The van der Waals surface area contributed by atoms with Crippen molar-refractivity contribution in [3.63, 3.8) is 0 Å². The molecule has 1 N–H and O–H groups in total. The Kier molecular flexibility index (Phi) is 7.03. The maximum absolute atomic E-state index is 13.8. The molecule has 5 rings (SSSR count). The van der Waals surface area contributed by atoms with Crippen LogP contribution in [0, 0.1) is 18.2 Å². The van der Waals surface area contributed by atoms with E-state index in [4.69, 9.17) is 11.2 Å². The largest absolute Gasteiger partial charge is 0.480 e. The van der Waals surface area contributed by atoms with Crippen molar-refractivity contribution in [2.24, 2.45) is 4.99 Å². The topological polar surface area (TPSA) is 72.7 Å². The molecule has 8 heteroatoms. The standard InChI is InChI=1S/C30H22FN3O3S/c1-3-17-37-24-12-8-7-9-21(24)18-25-29(36)34-27(20-13-15-22(31)16-14-20)26(19(2)32-30(34)38-25)28(35)33-23-10-5-4-6-11-23/h1,4-16,18,27H,17H2,2H3,(H,33,35)/b25-18+/t27-/m1/s1. The van der Waals surface area contributed by atoms with Gasteiger partial charge in [0, 0.05) is 11.3 Å². The van der Waals surface area contributed by atoms with Crippen molar-refractivity contribution < 1.29 is 13.9 Å². The van der Waals surface area contributed by atoms with Crippen LogP contribution >= 0.6 is 11.3 Å². The first-order valence-corrected chi connectivity index (χ1v) is 12.6. The number of nitrogens with one attached hydrogen (secondary N) is 1. The number of nitrogens with zero attached hydrogens (tertiary/aromatic N) is 2. The summed E-state index contributed by atoms with van der Waals surface area (Å²) in [5, 5.41) is 2.89. The van der Waals surface area contributed by atoms with Gasteiger partial charge >= 0.3 is 0 Å². The van der Waals surface area contributed by atoms with Gasteiger partial charge < -0.3 is 10.1 Å². The molecule has 1 aliphatic heterocycles. The molecular weight excluding hydrogens is 501 g/mol. The number of amides is 1. The number of ether oxygens (including phenoxy) is 1. The van der Waals surface area contributed by atoms with Crippen LogP contribution < -0.4 is 24.9 Å². The zero-order chi connectivity index (χ0) is 26.6. The highest BCUT2D eigenvalue weighted by molar-refractivity contribution is 7.07. The van der Waals surface area contributed by atoms with Gasteiger partial charge in [0.25, 0.3) is 11.5 Å². The first kappa shape index (κ1) is 24.9. The number of anilines is 1. The molecule has 0 aliphatic carbocycles. The number of thiazole rings is 1. The molecule has 4 aromatic rings. The normalized spacial score (nSPS) is 14.9. The van der Waals surface area contributed by atoms with Crippen molar-refractivity contribution in [3.8, 4) is 18.1 Å². The van der Waals surface area contributed by atoms with Crippen molar-refractivity contribution in [1.82, 2.24) is 4.57 Å². The van der Waals surface area contributed by atoms with E-state index in [2.05, 4.69) is 16.2 Å². The number of terminal acetylenes is 1. The van der Waals surface area contributed by atoms with Crippen LogP contribution in [-0.2, 0) is 4.79 Å². The summed E-state index contributed by atoms with van der Waals surface area (Å²) in [5.74, 6) is 2.18. The fraction of sp³-hybridized carbons (Fsp3) is 0.100. The highest BCUT2D eigenvalue weighted by atomic mass is 32.1. The molecule has 0 bridgehead atoms. The van der Waals surface area contributed by atoms with Crippen molar-refractivity contribution in [1.29, 1.82) is 0 Å². The predicted molar refractivity (Wildman–Crippen MR) is 146 cm³/mol. The molecule has 1 aromatic heterocycles. The number of rotatable bonds is 6. The summed E-state index contributed by atoms with van der Waals surface area (Å²) in [6.07, 6.45) is 7.06. The third-order valence-corrected chi connectivity index (χ3v) is 6.98. The average molecular weight is 524 g/mol. The van der Waals surface area contributed by atoms with Crippen LogP contribution in [0.25, 0.3) is 6.08 Å². The minimum Gasteiger partial charge on any atom is -0.480 e. The van der Waals surface area contributed by atoms with Crippen LogP contribution in [0.4, 0.5) is 10.1 Å². The zero-order valence-corrected chi connectivity index (χ0v) is 21.2. The molecule has 188 valence electrons. The summed E-state index contributed by atoms with van der Waals surface area (Å²) < 4.78 is 21.3. The average Bonchev–Trinajstić information content (AvgIpc) is 3.22. The number of carbonyl (C=O) groups is 1. The molecule has 0 saturated carbocycles. The molecule has 0 spiro atoms. The monoisotopic (exact) mass is 523 g/mol. The first-order chi connectivity index (χ1) is 18.5. The Bertz CT molecular complexity index is 1760. The number of para-hydroxylation sites is 2. The van der Waals surface area contributed by atoms with E-state index < -0.39 is 17.8 Å². The van der Waals surface area contributed by atoms with Crippen molar-refractivity contribution in [2.75, 3.05) is 11.9 Å². The van der Waals surface area contributed by atoms with E-state index in [0.717, 1.165) is 0 Å². The Morgan fingerprint density at radius 1 is 1.13 bits per heavy atom. The van der Waals surface area contributed by atoms with Crippen LogP contribution in [0.2, 0.25) is 0 Å². The summed E-state index contributed by atoms with van der Waals surface area (Å²) in [6, 6.07) is 21.3. The molecule has 3 aromatic carbocycles. The highest BCUT2D eigenvalue weighted by Crippen LogP contribution is 2.31. The Balaban J connectivity index is 1.66. The Hall–Kier alpha value is -4.74. The molecule has 6 nitrogen and oxygen atoms in total. The third-order valence-electron chi connectivity index (χ3n) is 6.00. The van der Waals surface area contributed by atoms with Gasteiger partial charge in [-0.1, -0.05) is 65.8 Å². The highest BCUT2D eigenvalue weighted by Gasteiger charge is 2.32. The van der Waals surface area contributed by atoms with Gasteiger partial charge in [0.1, 0.15) is 18.2 Å². The van der Waals surface area contributed by atoms with E-state index in [1.165, 1.54) is 28.0 Å². The fourth-order valence-corrected chi connectivity index (χ4v) is 5.32. The molecular formula is C30H22FN3O3S. The lowest BCUT2D eigenvalue weighted by molar-refractivity contribution is -0.113. The second kappa shape index (κ2) is 10.7. The predicted octanol–water partition coefficient (Wildman–Crippen LogP) is 4.03. The minimum atomic E-state index is -0.800. The third kappa shape index (κ3) is 4.92. The lowest BCUT2D eigenvalue weighted by atomic mass is 9.95. The summed E-state index contributed by atoms with van der Waals surface area (Å²) in [6.45, 7) is 1.83. The summed E-state index contributed by atoms with van der Waals surface area (Å²) >= 11 is 1.20. The van der Waals surface area contributed by atoms with E-state index in [1.807, 2.05) is 36.4 Å². The van der Waals surface area contributed by atoms with Crippen molar-refractivity contribution in [2.45, 2.75) is 13.0 Å². The van der Waals surface area contributed by atoms with Gasteiger partial charge in [-0.25, -0.2) is 9.38 Å². The molecule has 0 radical (unpaired) electrons. The van der Waals surface area contributed by atoms with E-state index >= 15 is 0 Å². The second-order valence-electron chi connectivity index (χ2n) is 8.48. The van der Waals surface area contributed by atoms with Crippen LogP contribution in [0.5, 0.6) is 5.75 Å². The number of carbonyl (C=O) groups excluding carboxylic acids is 1. The molecule has 1 aliphatic rings. The maximum Gasteiger partial charge on any atom is 0.271 e. The molecule has 0 saturated heterocycles. The van der Waals surface area contributed by atoms with Crippen molar-refractivity contribution in [3.05, 3.63) is 127 Å². The van der Waals surface area contributed by atoms with Crippen molar-refractivity contribution >= 4 is 29.0 Å². The van der Waals surface area contributed by atoms with E-state index in [0.29, 0.717) is 43.2 Å². The van der Waals surface area contributed by atoms with Crippen LogP contribution in [0.1, 0.15) is 24.1 Å². The smallest absolute Gasteiger partial charge is 0.271 e. The van der Waals surface area contributed by atoms with Gasteiger partial charge in [0.05, 0.1) is 21.8 Å².